The fourth-order valence-corrected chi connectivity index (χ4v) is 21.5. The zero-order chi connectivity index (χ0) is 101. The van der Waals surface area contributed by atoms with Gasteiger partial charge in [0.05, 0.1) is 57.1 Å². The largest absolute Gasteiger partial charge is 0.309 e. The first kappa shape index (κ1) is 113. The molecule has 0 saturated carbocycles. The van der Waals surface area contributed by atoms with Crippen molar-refractivity contribution < 1.29 is 80.4 Å². The van der Waals surface area contributed by atoms with Gasteiger partial charge >= 0.3 is 0 Å². The fourth-order valence-electron chi connectivity index (χ4n) is 21.5. The number of nitrogens with zero attached hydrogens (tertiary/aromatic N) is 13. The van der Waals surface area contributed by atoms with E-state index in [0.717, 1.165) is 139 Å². The second-order valence-electron chi connectivity index (χ2n) is 40.2. The van der Waals surface area contributed by atoms with Gasteiger partial charge in [-0.25, -0.2) is 0 Å². The fraction of sp³-hybridized carbons (Fsp3) is 0.263. The van der Waals surface area contributed by atoms with Crippen LogP contribution in [0.25, 0.3) is 152 Å². The molecule has 0 bridgehead atoms. The predicted octanol–water partition coefficient (Wildman–Crippen LogP) is 33.8. The van der Waals surface area contributed by atoms with Gasteiger partial charge in [0, 0.05) is 125 Å². The van der Waals surface area contributed by atoms with Crippen LogP contribution in [0.2, 0.25) is 0 Å². The number of aromatic nitrogens is 13. The molecule has 0 spiro atoms. The normalized spacial score (nSPS) is 11.5. The van der Waals surface area contributed by atoms with E-state index in [4.69, 9.17) is 40.3 Å². The van der Waals surface area contributed by atoms with Gasteiger partial charge in [0.1, 0.15) is 0 Å². The molecule has 5 heterocycles. The van der Waals surface area contributed by atoms with Crippen molar-refractivity contribution in [3.8, 4) is 131 Å². The maximum atomic E-state index is 5.17. The van der Waals surface area contributed by atoms with Crippen molar-refractivity contribution in [1.82, 2.24) is 63.6 Å². The first-order valence-electron chi connectivity index (χ1n) is 52.8. The van der Waals surface area contributed by atoms with Crippen LogP contribution in [-0.2, 0) is 112 Å². The second-order valence-corrected chi connectivity index (χ2v) is 40.2. The summed E-state index contributed by atoms with van der Waals surface area (Å²) in [6, 6.07) is 122. The van der Waals surface area contributed by atoms with Crippen molar-refractivity contribution in [3.05, 3.63) is 423 Å². The summed E-state index contributed by atoms with van der Waals surface area (Å²) >= 11 is 0. The minimum absolute atomic E-state index is 0. The standard InChI is InChI=1S/C38H33N4.C37H38N3.C30H34N3.C28H30N3.4Ir/c1-4-5-14-28-23-26(2)36(27(3)24-28)42-38(29-15-7-6-8-16-29)39-37(40-42)30-17-13-18-31(25-30)41-34-21-11-9-19-32(34)33-20-10-12-22-35(33)41;1-6-7-8-10-15-27-22-25(2)34(26(3)23-27)40-36(28-16-11-9-12-17-28)38-35(39-40)29-20-21-33-31(24-29)30-18-13-14-19-32(30)37(33,4)5;1-6-7-8-10-13-25-19-23(4)28(24(5)20-25)33-30(26-14-11-9-12-15-26)31-29(32-33)27-17-21(2)16-22(3)18-27;1-4-5-6-9-14-23-19-21(2)26(22(3)20-23)31-28(25-17-12-8-13-18-25)29-27(30-31)24-15-10-7-11-16-24;;;;/h6-13,15,17-25H,4-5,14H2,1-3H3;9,11-14,16,18-24H,6-8,10,15H2,1-5H3;9,11-12,14,16-20H,6-8,10,13H2,1-5H3;7-8,10-13,15-17,19-20H,4-6,9,14H2,1-3H3;;;;/q4*-1;;;;. The minimum atomic E-state index is -0.0199. The summed E-state index contributed by atoms with van der Waals surface area (Å²) < 4.78 is 10.4. The molecular formula is C133H135Ir4N13-4. The van der Waals surface area contributed by atoms with Gasteiger partial charge in [-0.05, 0) is 252 Å². The van der Waals surface area contributed by atoms with E-state index in [2.05, 4.69) is 352 Å². The third-order valence-corrected chi connectivity index (χ3v) is 28.4. The van der Waals surface area contributed by atoms with Crippen LogP contribution >= 0.6 is 0 Å². The summed E-state index contributed by atoms with van der Waals surface area (Å²) in [4.78, 5) is 20.2. The Morgan fingerprint density at radius 2 is 0.567 bits per heavy atom. The number of aryl methyl sites for hydroxylation is 14. The van der Waals surface area contributed by atoms with Gasteiger partial charge in [-0.1, -0.05) is 287 Å². The van der Waals surface area contributed by atoms with E-state index < -0.39 is 0 Å². The quantitative estimate of drug-likeness (QED) is 0.0310. The number of fused-ring (bicyclic) bond motifs is 6. The molecule has 0 amide bonds. The average molecular weight is 2680 g/mol. The van der Waals surface area contributed by atoms with Crippen LogP contribution in [0, 0.1) is 93.5 Å². The Morgan fingerprint density at radius 3 is 0.933 bits per heavy atom. The van der Waals surface area contributed by atoms with Crippen molar-refractivity contribution in [2.24, 2.45) is 0 Å². The van der Waals surface area contributed by atoms with Crippen molar-refractivity contribution >= 4 is 21.8 Å². The molecule has 20 aromatic rings. The summed E-state index contributed by atoms with van der Waals surface area (Å²) in [6.45, 7) is 35.4. The predicted molar refractivity (Wildman–Crippen MR) is 606 cm³/mol. The molecule has 15 aromatic carbocycles. The van der Waals surface area contributed by atoms with Crippen molar-refractivity contribution in [2.45, 2.75) is 232 Å². The van der Waals surface area contributed by atoms with Crippen LogP contribution in [0.3, 0.4) is 0 Å². The molecule has 13 nitrogen and oxygen atoms in total. The third kappa shape index (κ3) is 25.5. The topological polar surface area (TPSA) is 128 Å². The second kappa shape index (κ2) is 52.3. The maximum absolute atomic E-state index is 5.17. The van der Waals surface area contributed by atoms with E-state index in [0.29, 0.717) is 5.82 Å². The molecule has 0 aliphatic heterocycles. The zero-order valence-corrected chi connectivity index (χ0v) is 98.9. The minimum Gasteiger partial charge on any atom is -0.309 e. The third-order valence-electron chi connectivity index (χ3n) is 28.4. The number of rotatable bonds is 31. The Labute approximate surface area is 942 Å². The number of hydrogen-bond donors (Lipinski definition) is 0. The van der Waals surface area contributed by atoms with E-state index in [1.165, 1.54) is 212 Å². The van der Waals surface area contributed by atoms with Crippen molar-refractivity contribution in [3.63, 3.8) is 0 Å². The van der Waals surface area contributed by atoms with Gasteiger partial charge in [-0.15, -0.1) is 144 Å². The van der Waals surface area contributed by atoms with Crippen LogP contribution in [-0.4, -0.2) is 63.6 Å². The Balaban J connectivity index is 0.000000157. The van der Waals surface area contributed by atoms with Gasteiger partial charge in [0.15, 0.2) is 23.3 Å². The molecule has 4 radical (unpaired) electrons. The van der Waals surface area contributed by atoms with Crippen LogP contribution in [0.4, 0.5) is 0 Å². The van der Waals surface area contributed by atoms with Crippen LogP contribution in [0.5, 0.6) is 0 Å². The van der Waals surface area contributed by atoms with Gasteiger partial charge < -0.3 is 4.57 Å². The molecule has 0 atom stereocenters. The SMILES string of the molecule is CCCCCCc1cc(C)c(-n2nc(-c3cc(C)cc(C)c3)nc2-c2[c-]cccc2)c(C)c1.CCCCCCc1cc(C)c(-n2nc(-c3ccc4c(c3)-c3ccccc3C4(C)C)nc2-c2[c-]cccc2)c(C)c1.CCCCCCc1cc(C)c(-n2nc(-c3ccccc3)nc2-c2[c-]cccc2)c(C)c1.CCCCc1cc(C)c(-n2nc(-c3cccc(-n4c5ccccc5c5ccccc54)c3)nc2-c2[c-]cccc2)c(C)c1.[Ir].[Ir].[Ir].[Ir]. The zero-order valence-electron chi connectivity index (χ0n) is 89.3. The first-order chi connectivity index (χ1) is 71.1. The Kier molecular flexibility index (Phi) is 39.4. The molecule has 772 valence electrons. The molecule has 1 aliphatic carbocycles. The number of benzene rings is 15. The van der Waals surface area contributed by atoms with E-state index >= 15 is 0 Å². The molecule has 0 unspecified atom stereocenters. The molecule has 21 rings (SSSR count). The van der Waals surface area contributed by atoms with E-state index in [9.17, 15) is 0 Å². The Morgan fingerprint density at radius 1 is 0.253 bits per heavy atom. The van der Waals surface area contributed by atoms with E-state index in [1.807, 2.05) is 116 Å². The van der Waals surface area contributed by atoms with Crippen molar-refractivity contribution in [1.29, 1.82) is 0 Å². The molecule has 1 aliphatic rings. The van der Waals surface area contributed by atoms with Gasteiger partial charge in [-0.2, -0.15) is 20.4 Å². The summed E-state index contributed by atoms with van der Waals surface area (Å²) in [5, 5.41) is 22.8. The van der Waals surface area contributed by atoms with Crippen LogP contribution in [0.15, 0.2) is 309 Å². The summed E-state index contributed by atoms with van der Waals surface area (Å²) in [7, 11) is 0. The van der Waals surface area contributed by atoms with Gasteiger partial charge in [0.25, 0.3) is 0 Å². The Hall–Kier alpha value is -12.7. The molecule has 17 heteroatoms. The van der Waals surface area contributed by atoms with Crippen molar-refractivity contribution in [2.75, 3.05) is 0 Å². The summed E-state index contributed by atoms with van der Waals surface area (Å²) in [5.74, 6) is 6.16. The van der Waals surface area contributed by atoms with Gasteiger partial charge in [-0.3, -0.25) is 38.7 Å². The van der Waals surface area contributed by atoms with Gasteiger partial charge in [0.2, 0.25) is 0 Å². The molecule has 0 saturated heterocycles. The maximum Gasteiger partial charge on any atom is 0.172 e. The molecule has 0 fully saturated rings. The molecule has 150 heavy (non-hydrogen) atoms. The monoisotopic (exact) mass is 2690 g/mol. The Bertz CT molecular complexity index is 7780. The summed E-state index contributed by atoms with van der Waals surface area (Å²) in [5.41, 5.74) is 38.8. The first-order valence-corrected chi connectivity index (χ1v) is 52.8. The van der Waals surface area contributed by atoms with Crippen LogP contribution < -0.4 is 0 Å². The van der Waals surface area contributed by atoms with E-state index in [-0.39, 0.29) is 85.8 Å². The van der Waals surface area contributed by atoms with E-state index in [1.54, 1.807) is 0 Å². The number of para-hydroxylation sites is 2. The molecule has 5 aromatic heterocycles. The number of unbranched alkanes of at least 4 members (excludes halogenated alkanes) is 10. The smallest absolute Gasteiger partial charge is 0.172 e. The average Bonchev–Trinajstić information content (AvgIpc) is 1.57. The molecule has 0 N–H and O–H groups in total. The van der Waals surface area contributed by atoms with Crippen LogP contribution in [0.1, 0.15) is 220 Å². The molecular weight excluding hydrogens is 2550 g/mol. The number of hydrogen-bond acceptors (Lipinski definition) is 8. The summed E-state index contributed by atoms with van der Waals surface area (Å²) in [6.07, 6.45) is 22.2.